The number of urea groups is 4. The highest BCUT2D eigenvalue weighted by Gasteiger charge is 2.24. The number of halogens is 6. The summed E-state index contributed by atoms with van der Waals surface area (Å²) in [6.45, 7) is 8.62. The van der Waals surface area contributed by atoms with Crippen LogP contribution in [0.2, 0.25) is 5.02 Å². The van der Waals surface area contributed by atoms with E-state index < -0.39 is 58.8 Å². The number of carbonyl (C=O) groups excluding carboxylic acids is 4. The number of H-pyrrole nitrogens is 8. The predicted octanol–water partition coefficient (Wildman–Crippen LogP) is 15.1. The number of hydrogen-bond donors (Lipinski definition) is 16. The van der Waals surface area contributed by atoms with E-state index in [0.29, 0.717) is 113 Å². The molecular formula is C83H78ClF5N26O10. The Balaban J connectivity index is 0.000000129. The highest BCUT2D eigenvalue weighted by molar-refractivity contribution is 6.30. The van der Waals surface area contributed by atoms with Gasteiger partial charge in [0.2, 0.25) is 0 Å². The average Bonchev–Trinajstić information content (AvgIpc) is 1.64. The smallest absolute Gasteiger partial charge is 0.323 e. The van der Waals surface area contributed by atoms with Crippen LogP contribution >= 0.6 is 11.6 Å². The van der Waals surface area contributed by atoms with E-state index in [1.165, 1.54) is 68.8 Å². The van der Waals surface area contributed by atoms with Crippen molar-refractivity contribution in [1.82, 2.24) is 95.8 Å². The van der Waals surface area contributed by atoms with Crippen molar-refractivity contribution in [3.8, 4) is 69.1 Å². The van der Waals surface area contributed by atoms with Crippen molar-refractivity contribution in [2.45, 2.75) is 19.6 Å². The molecule has 2 saturated heterocycles. The van der Waals surface area contributed by atoms with Gasteiger partial charge in [0, 0.05) is 80.8 Å². The van der Waals surface area contributed by atoms with Gasteiger partial charge in [0.15, 0.2) is 46.3 Å². The van der Waals surface area contributed by atoms with Crippen molar-refractivity contribution in [3.63, 3.8) is 0 Å². The number of ether oxygens (including phenoxy) is 6. The molecule has 0 saturated carbocycles. The number of amides is 8. The van der Waals surface area contributed by atoms with Crippen molar-refractivity contribution < 1.29 is 69.6 Å². The quantitative estimate of drug-likeness (QED) is 0.0297. The van der Waals surface area contributed by atoms with Gasteiger partial charge in [-0.25, -0.2) is 61.1 Å². The number of para-hydroxylation sites is 2. The van der Waals surface area contributed by atoms with E-state index in [1.807, 2.05) is 24.3 Å². The highest BCUT2D eigenvalue weighted by atomic mass is 35.5. The SMILES string of the molecule is COc1cc2nc(-c3[nH]ncc3NC(=O)Nc3c(F)cccc3F)[nH]c2cc1OC.COc1cc2nc(-c3[nH]ncc3NC(=O)Nc3ccc(Cl)cc3)[nH]c2cc1OC.O=C(NCc1ccc(F)cc1)Nc1cn[nH]c1-c1nc2ccc(CN3CCOCC3)cc2[nH]1.O=C(Nc1cn[nH]c1-c1nc2ccc(CN3CCOCC3)cc2[nH]1)Nc1c(F)cccc1F. The van der Waals surface area contributed by atoms with Gasteiger partial charge in [0.05, 0.1) is 147 Å². The normalized spacial score (nSPS) is 12.7. The fourth-order valence-corrected chi connectivity index (χ4v) is 13.4. The minimum atomic E-state index is -0.891. The molecule has 18 rings (SSSR count). The second-order valence-corrected chi connectivity index (χ2v) is 28.2. The molecule has 0 spiro atoms. The fraction of sp³-hybridized carbons (Fsp3) is 0.181. The van der Waals surface area contributed by atoms with Gasteiger partial charge in [-0.05, 0) is 102 Å². The second-order valence-electron chi connectivity index (χ2n) is 27.8. The molecular weight excluding hydrogens is 1650 g/mol. The number of morpholine rings is 2. The lowest BCUT2D eigenvalue weighted by Gasteiger charge is -2.26. The monoisotopic (exact) mass is 1730 g/mol. The summed E-state index contributed by atoms with van der Waals surface area (Å²) >= 11 is 5.86. The Kier molecular flexibility index (Phi) is 26.3. The average molecular weight is 1730 g/mol. The summed E-state index contributed by atoms with van der Waals surface area (Å²) in [6, 6.07) is 36.1. The third-order valence-corrected chi connectivity index (χ3v) is 19.7. The Hall–Kier alpha value is -15.5. The van der Waals surface area contributed by atoms with Crippen LogP contribution in [0.3, 0.4) is 0 Å². The number of fused-ring (bicyclic) bond motifs is 4. The van der Waals surface area contributed by atoms with Crippen molar-refractivity contribution >= 4 is 120 Å². The molecule has 642 valence electrons. The number of imidazole rings is 4. The van der Waals surface area contributed by atoms with Crippen LogP contribution in [0.25, 0.3) is 90.2 Å². The number of benzene rings is 8. The maximum atomic E-state index is 13.8. The molecule has 0 bridgehead atoms. The number of anilines is 7. The van der Waals surface area contributed by atoms with E-state index in [-0.39, 0.29) is 18.0 Å². The molecule has 10 heterocycles. The Labute approximate surface area is 709 Å². The van der Waals surface area contributed by atoms with Crippen molar-refractivity contribution in [3.05, 3.63) is 221 Å². The number of methoxy groups -OCH3 is 4. The summed E-state index contributed by atoms with van der Waals surface area (Å²) in [6.07, 6.45) is 5.78. The van der Waals surface area contributed by atoms with Crippen molar-refractivity contribution in [2.75, 3.05) is 118 Å². The summed E-state index contributed by atoms with van der Waals surface area (Å²) in [7, 11) is 6.17. The summed E-state index contributed by atoms with van der Waals surface area (Å²) < 4.78 is 100. The maximum Gasteiger partial charge on any atom is 0.323 e. The summed E-state index contributed by atoms with van der Waals surface area (Å²) in [5.41, 5.74) is 12.2. The van der Waals surface area contributed by atoms with Crippen LogP contribution < -0.4 is 61.5 Å². The van der Waals surface area contributed by atoms with E-state index >= 15 is 0 Å². The summed E-state index contributed by atoms with van der Waals surface area (Å²) in [5, 5.41) is 48.2. The number of carbonyl (C=O) groups is 4. The van der Waals surface area contributed by atoms with Crippen LogP contribution in [-0.2, 0) is 29.1 Å². The first kappa shape index (κ1) is 84.6. The maximum absolute atomic E-state index is 13.8. The van der Waals surface area contributed by atoms with Gasteiger partial charge in [-0.3, -0.25) is 30.2 Å². The topological polar surface area (TPSA) is 456 Å². The van der Waals surface area contributed by atoms with Crippen molar-refractivity contribution in [2.24, 2.45) is 0 Å². The molecule has 36 nitrogen and oxygen atoms in total. The van der Waals surface area contributed by atoms with E-state index in [1.54, 1.807) is 74.9 Å². The molecule has 0 unspecified atom stereocenters. The highest BCUT2D eigenvalue weighted by Crippen LogP contribution is 2.37. The van der Waals surface area contributed by atoms with Gasteiger partial charge in [-0.1, -0.05) is 48.0 Å². The van der Waals surface area contributed by atoms with Crippen LogP contribution in [0.1, 0.15) is 16.7 Å². The molecule has 0 aliphatic carbocycles. The Morgan fingerprint density at radius 2 is 0.728 bits per heavy atom. The van der Waals surface area contributed by atoms with Gasteiger partial charge in [-0.2, -0.15) is 20.4 Å². The molecule has 8 aromatic carbocycles. The lowest BCUT2D eigenvalue weighted by atomic mass is 10.2. The zero-order valence-electron chi connectivity index (χ0n) is 66.8. The third kappa shape index (κ3) is 20.8. The molecule has 2 aliphatic heterocycles. The first-order chi connectivity index (χ1) is 60.8. The number of hydrogen-bond acceptors (Lipinski definition) is 20. The summed E-state index contributed by atoms with van der Waals surface area (Å²) in [5.74, 6) is 0.292. The van der Waals surface area contributed by atoms with Gasteiger partial charge in [-0.15, -0.1) is 0 Å². The molecule has 8 aromatic heterocycles. The predicted molar refractivity (Wildman–Crippen MR) is 457 cm³/mol. The van der Waals surface area contributed by atoms with Crippen LogP contribution in [0.4, 0.5) is 80.9 Å². The molecule has 0 atom stereocenters. The number of rotatable bonds is 21. The molecule has 16 aromatic rings. The lowest BCUT2D eigenvalue weighted by Crippen LogP contribution is -2.35. The van der Waals surface area contributed by atoms with Crippen LogP contribution in [0, 0.1) is 29.1 Å². The van der Waals surface area contributed by atoms with Gasteiger partial charge in [0.25, 0.3) is 0 Å². The zero-order chi connectivity index (χ0) is 87.0. The van der Waals surface area contributed by atoms with Crippen molar-refractivity contribution in [1.29, 1.82) is 0 Å². The third-order valence-electron chi connectivity index (χ3n) is 19.5. The Morgan fingerprint density at radius 1 is 0.392 bits per heavy atom. The molecule has 0 radical (unpaired) electrons. The lowest BCUT2D eigenvalue weighted by molar-refractivity contribution is 0.0341. The van der Waals surface area contributed by atoms with Gasteiger partial charge >= 0.3 is 24.1 Å². The van der Waals surface area contributed by atoms with E-state index in [2.05, 4.69) is 145 Å². The summed E-state index contributed by atoms with van der Waals surface area (Å²) in [4.78, 5) is 85.0. The molecule has 125 heavy (non-hydrogen) atoms. The first-order valence-electron chi connectivity index (χ1n) is 38.4. The second kappa shape index (κ2) is 38.9. The number of nitrogens with zero attached hydrogens (tertiary/aromatic N) is 10. The molecule has 2 fully saturated rings. The largest absolute Gasteiger partial charge is 0.493 e. The number of aromatic amines is 8. The molecule has 42 heteroatoms. The van der Waals surface area contributed by atoms with E-state index in [0.717, 1.165) is 129 Å². The van der Waals surface area contributed by atoms with Gasteiger partial charge in [0.1, 0.15) is 63.2 Å². The van der Waals surface area contributed by atoms with Gasteiger partial charge < -0.3 is 90.9 Å². The molecule has 2 aliphatic rings. The molecule has 8 amide bonds. The zero-order valence-corrected chi connectivity index (χ0v) is 67.5. The molecule has 16 N–H and O–H groups in total. The fourth-order valence-electron chi connectivity index (χ4n) is 13.3. The Morgan fingerprint density at radius 3 is 1.10 bits per heavy atom. The minimum absolute atomic E-state index is 0.252. The number of nitrogens with one attached hydrogen (secondary N) is 16. The standard InChI is InChI=1S/C23H24FN7O2.C22H21F2N7O2.C19H17ClN6O3.C19H16F2N6O3/c24-17-4-1-15(2-5-17)12-25-23(32)29-20-13-26-30-21(20)22-27-18-6-3-16(11-19(18)28-22)14-31-7-9-33-10-8-31;23-14-2-1-3-15(24)19(14)29-22(32)28-18-11-25-30-20(18)21-26-16-5-4-13(10-17(16)27-21)12-31-6-8-33-9-7-31;1-28-15-7-12-13(8-16(15)29-2)24-18(23-12)17-14(9-21-26-17)25-19(27)22-11-5-3-10(20)4-6-11;1-29-14-6-11-12(7-15(14)30-2)24-18(23-11)17-13(8-22-27-17)25-19(28)26-16-9(20)4-3-5-10(16)21/h1-6,11,13H,7-10,12,14H2,(H,26,30)(H,27,28)(H2,25,29,32);1-5,10-11H,6-9,12H2,(H,25,30)(H,26,27)(H2,28,29,32);3-9H,1-2H3,(H,21,26)(H,23,24)(H2,22,25,27);3-8H,1-2H3,(H,22,27)(H,23,24)(H2,25,26,28). The van der Waals surface area contributed by atoms with E-state index in [9.17, 15) is 41.1 Å². The van der Waals surface area contributed by atoms with E-state index in [4.69, 9.17) is 40.0 Å². The number of aromatic nitrogens is 16. The minimum Gasteiger partial charge on any atom is -0.493 e. The van der Waals surface area contributed by atoms with Crippen LogP contribution in [0.15, 0.2) is 170 Å². The van der Waals surface area contributed by atoms with Crippen LogP contribution in [-0.4, -0.2) is 196 Å². The van der Waals surface area contributed by atoms with Crippen LogP contribution in [0.5, 0.6) is 23.0 Å². The Bertz CT molecular complexity index is 6380. The first-order valence-corrected chi connectivity index (χ1v) is 38.8.